The molecular formula is C13H13BrN2S2. The van der Waals surface area contributed by atoms with Crippen molar-refractivity contribution >= 4 is 50.2 Å². The standard InChI is InChI=1S/C13H13BrN2S2/c1-16(8-9-4-3-7-18-9)11-6-2-5-10(14)12(11)13(15)17/h2-7H,8H2,1H3,(H2,15,17). The number of nitrogens with zero attached hydrogens (tertiary/aromatic N) is 1. The fourth-order valence-corrected chi connectivity index (χ4v) is 3.47. The minimum absolute atomic E-state index is 0.413. The number of rotatable bonds is 4. The lowest BCUT2D eigenvalue weighted by Crippen LogP contribution is -2.21. The minimum atomic E-state index is 0.413. The van der Waals surface area contributed by atoms with Gasteiger partial charge in [0.2, 0.25) is 0 Å². The van der Waals surface area contributed by atoms with Crippen LogP contribution in [0.2, 0.25) is 0 Å². The number of thiophene rings is 1. The van der Waals surface area contributed by atoms with Crippen molar-refractivity contribution in [3.63, 3.8) is 0 Å². The van der Waals surface area contributed by atoms with Gasteiger partial charge in [0.05, 0.1) is 6.54 Å². The fourth-order valence-electron chi connectivity index (χ4n) is 1.80. The summed E-state index contributed by atoms with van der Waals surface area (Å²) in [5.74, 6) is 0. The van der Waals surface area contributed by atoms with Gasteiger partial charge in [-0.2, -0.15) is 0 Å². The number of thiocarbonyl (C=S) groups is 1. The first-order valence-electron chi connectivity index (χ1n) is 5.41. The van der Waals surface area contributed by atoms with Crippen molar-refractivity contribution in [2.75, 3.05) is 11.9 Å². The van der Waals surface area contributed by atoms with Gasteiger partial charge in [-0.25, -0.2) is 0 Å². The minimum Gasteiger partial charge on any atom is -0.389 e. The third-order valence-corrected chi connectivity index (χ3v) is 4.35. The highest BCUT2D eigenvalue weighted by Gasteiger charge is 2.13. The van der Waals surface area contributed by atoms with Crippen LogP contribution >= 0.6 is 39.5 Å². The molecule has 18 heavy (non-hydrogen) atoms. The summed E-state index contributed by atoms with van der Waals surface area (Å²) < 4.78 is 0.936. The summed E-state index contributed by atoms with van der Waals surface area (Å²) in [6.45, 7) is 0.851. The Morgan fingerprint density at radius 2 is 2.17 bits per heavy atom. The molecule has 2 N–H and O–H groups in total. The second-order valence-corrected chi connectivity index (χ2v) is 6.26. The first-order valence-corrected chi connectivity index (χ1v) is 7.49. The van der Waals surface area contributed by atoms with E-state index in [0.29, 0.717) is 4.99 Å². The van der Waals surface area contributed by atoms with Crippen LogP contribution in [0, 0.1) is 0 Å². The zero-order valence-electron chi connectivity index (χ0n) is 9.89. The second-order valence-electron chi connectivity index (χ2n) is 3.93. The van der Waals surface area contributed by atoms with Crippen LogP contribution in [0.4, 0.5) is 5.69 Å². The number of nitrogens with two attached hydrogens (primary N) is 1. The molecular weight excluding hydrogens is 328 g/mol. The van der Waals surface area contributed by atoms with Gasteiger partial charge in [-0.3, -0.25) is 0 Å². The Kier molecular flexibility index (Phi) is 4.37. The third kappa shape index (κ3) is 2.91. The molecule has 1 heterocycles. The van der Waals surface area contributed by atoms with Gasteiger partial charge in [-0.1, -0.05) is 24.4 Å². The highest BCUT2D eigenvalue weighted by atomic mass is 79.9. The van der Waals surface area contributed by atoms with Gasteiger partial charge in [0.25, 0.3) is 0 Å². The number of halogens is 1. The van der Waals surface area contributed by atoms with E-state index in [4.69, 9.17) is 18.0 Å². The topological polar surface area (TPSA) is 29.3 Å². The molecule has 0 amide bonds. The molecule has 0 fully saturated rings. The quantitative estimate of drug-likeness (QED) is 0.858. The SMILES string of the molecule is CN(Cc1cccs1)c1cccc(Br)c1C(N)=S. The average Bonchev–Trinajstić information content (AvgIpc) is 2.80. The molecule has 5 heteroatoms. The molecule has 1 aromatic carbocycles. The molecule has 0 aliphatic rings. The Balaban J connectivity index is 2.32. The molecule has 2 rings (SSSR count). The summed E-state index contributed by atoms with van der Waals surface area (Å²) in [5.41, 5.74) is 7.75. The third-order valence-electron chi connectivity index (χ3n) is 2.62. The largest absolute Gasteiger partial charge is 0.389 e. The van der Waals surface area contributed by atoms with Gasteiger partial charge in [0.1, 0.15) is 4.99 Å². The molecule has 0 aliphatic carbocycles. The van der Waals surface area contributed by atoms with E-state index in [1.54, 1.807) is 11.3 Å². The van der Waals surface area contributed by atoms with E-state index >= 15 is 0 Å². The van der Waals surface area contributed by atoms with Crippen molar-refractivity contribution in [2.45, 2.75) is 6.54 Å². The summed E-state index contributed by atoms with van der Waals surface area (Å²) >= 11 is 10.4. The van der Waals surface area contributed by atoms with E-state index in [1.807, 2.05) is 25.2 Å². The van der Waals surface area contributed by atoms with Crippen molar-refractivity contribution < 1.29 is 0 Å². The maximum Gasteiger partial charge on any atom is 0.107 e. The van der Waals surface area contributed by atoms with Gasteiger partial charge in [0, 0.05) is 27.6 Å². The molecule has 0 atom stereocenters. The van der Waals surface area contributed by atoms with E-state index in [1.165, 1.54) is 4.88 Å². The number of anilines is 1. The maximum atomic E-state index is 5.80. The zero-order valence-corrected chi connectivity index (χ0v) is 13.1. The van der Waals surface area contributed by atoms with E-state index < -0.39 is 0 Å². The first-order chi connectivity index (χ1) is 8.59. The van der Waals surface area contributed by atoms with Crippen molar-refractivity contribution in [3.8, 4) is 0 Å². The zero-order chi connectivity index (χ0) is 13.1. The lowest BCUT2D eigenvalue weighted by atomic mass is 10.1. The Hall–Kier alpha value is -0.910. The van der Waals surface area contributed by atoms with Crippen LogP contribution in [0.25, 0.3) is 0 Å². The summed E-state index contributed by atoms with van der Waals surface area (Å²) in [6.07, 6.45) is 0. The van der Waals surface area contributed by atoms with Gasteiger partial charge >= 0.3 is 0 Å². The van der Waals surface area contributed by atoms with E-state index in [0.717, 1.165) is 22.3 Å². The van der Waals surface area contributed by atoms with Crippen LogP contribution in [0.3, 0.4) is 0 Å². The summed E-state index contributed by atoms with van der Waals surface area (Å²) in [7, 11) is 2.04. The van der Waals surface area contributed by atoms with Gasteiger partial charge in [-0.15, -0.1) is 11.3 Å². The molecule has 0 aliphatic heterocycles. The van der Waals surface area contributed by atoms with Crippen molar-refractivity contribution in [1.29, 1.82) is 0 Å². The molecule has 0 radical (unpaired) electrons. The molecule has 2 aromatic rings. The normalized spacial score (nSPS) is 10.3. The molecule has 0 saturated heterocycles. The number of hydrogen-bond donors (Lipinski definition) is 1. The van der Waals surface area contributed by atoms with Crippen LogP contribution in [0.5, 0.6) is 0 Å². The van der Waals surface area contributed by atoms with Crippen molar-refractivity contribution in [2.24, 2.45) is 5.73 Å². The number of hydrogen-bond acceptors (Lipinski definition) is 3. The van der Waals surface area contributed by atoms with Crippen molar-refractivity contribution in [1.82, 2.24) is 0 Å². The molecule has 0 unspecified atom stereocenters. The average molecular weight is 341 g/mol. The van der Waals surface area contributed by atoms with Crippen LogP contribution in [-0.4, -0.2) is 12.0 Å². The predicted octanol–water partition coefficient (Wildman–Crippen LogP) is 3.78. The molecule has 0 bridgehead atoms. The van der Waals surface area contributed by atoms with Crippen LogP contribution in [-0.2, 0) is 6.54 Å². The second kappa shape index (κ2) is 5.82. The van der Waals surface area contributed by atoms with Gasteiger partial charge in [0.15, 0.2) is 0 Å². The first kappa shape index (κ1) is 13.5. The maximum absolute atomic E-state index is 5.80. The number of benzene rings is 1. The highest BCUT2D eigenvalue weighted by Crippen LogP contribution is 2.28. The predicted molar refractivity (Wildman–Crippen MR) is 86.5 cm³/mol. The van der Waals surface area contributed by atoms with Gasteiger partial charge in [-0.05, 0) is 39.5 Å². The molecule has 94 valence electrons. The summed E-state index contributed by atoms with van der Waals surface area (Å²) in [5, 5.41) is 2.08. The van der Waals surface area contributed by atoms with Crippen LogP contribution in [0.1, 0.15) is 10.4 Å². The molecule has 1 aromatic heterocycles. The van der Waals surface area contributed by atoms with E-state index in [-0.39, 0.29) is 0 Å². The summed E-state index contributed by atoms with van der Waals surface area (Å²) in [6, 6.07) is 10.2. The van der Waals surface area contributed by atoms with Crippen molar-refractivity contribution in [3.05, 3.63) is 50.6 Å². The van der Waals surface area contributed by atoms with Crippen LogP contribution in [0.15, 0.2) is 40.2 Å². The summed E-state index contributed by atoms with van der Waals surface area (Å²) in [4.78, 5) is 3.88. The Labute approximate surface area is 125 Å². The smallest absolute Gasteiger partial charge is 0.107 e. The Bertz CT molecular complexity index is 552. The Morgan fingerprint density at radius 1 is 1.39 bits per heavy atom. The molecule has 0 saturated carbocycles. The fraction of sp³-hybridized carbons (Fsp3) is 0.154. The van der Waals surface area contributed by atoms with Crippen LogP contribution < -0.4 is 10.6 Å². The molecule has 2 nitrogen and oxygen atoms in total. The van der Waals surface area contributed by atoms with Gasteiger partial charge < -0.3 is 10.6 Å². The highest BCUT2D eigenvalue weighted by molar-refractivity contribution is 9.10. The monoisotopic (exact) mass is 340 g/mol. The lowest BCUT2D eigenvalue weighted by molar-refractivity contribution is 0.938. The lowest BCUT2D eigenvalue weighted by Gasteiger charge is -2.22. The Morgan fingerprint density at radius 3 is 2.78 bits per heavy atom. The van der Waals surface area contributed by atoms with E-state index in [2.05, 4.69) is 38.3 Å². The molecule has 0 spiro atoms. The van der Waals surface area contributed by atoms with E-state index in [9.17, 15) is 0 Å².